The molecule has 0 saturated carbocycles. The summed E-state index contributed by atoms with van der Waals surface area (Å²) in [4.78, 5) is 22.1. The van der Waals surface area contributed by atoms with Gasteiger partial charge >= 0.3 is 6.03 Å². The van der Waals surface area contributed by atoms with Gasteiger partial charge in [0.25, 0.3) is 5.91 Å². The van der Waals surface area contributed by atoms with Gasteiger partial charge in [-0.05, 0) is 26.8 Å². The van der Waals surface area contributed by atoms with Crippen molar-refractivity contribution in [2.24, 2.45) is 11.5 Å². The van der Waals surface area contributed by atoms with Gasteiger partial charge < -0.3 is 16.2 Å². The highest BCUT2D eigenvalue weighted by Crippen LogP contribution is 2.25. The monoisotopic (exact) mass is 265 g/mol. The first-order chi connectivity index (χ1) is 8.81. The highest BCUT2D eigenvalue weighted by atomic mass is 16.5. The summed E-state index contributed by atoms with van der Waals surface area (Å²) in [5, 5.41) is 1.97. The Kier molecular flexibility index (Phi) is 4.88. The molecule has 0 aliphatic rings. The van der Waals surface area contributed by atoms with Crippen LogP contribution in [0.5, 0.6) is 5.75 Å². The number of rotatable bonds is 4. The van der Waals surface area contributed by atoms with Gasteiger partial charge in [0, 0.05) is 11.6 Å². The van der Waals surface area contributed by atoms with Crippen LogP contribution in [-0.4, -0.2) is 18.0 Å². The molecular weight excluding hydrogens is 246 g/mol. The minimum atomic E-state index is -0.906. The first-order valence-corrected chi connectivity index (χ1v) is 5.94. The molecule has 2 unspecified atom stereocenters. The average Bonchev–Trinajstić information content (AvgIpc) is 2.30. The van der Waals surface area contributed by atoms with E-state index in [1.807, 2.05) is 31.3 Å². The van der Waals surface area contributed by atoms with Crippen LogP contribution in [0.3, 0.4) is 0 Å². The number of ether oxygens (including phenoxy) is 1. The Morgan fingerprint density at radius 1 is 1.32 bits per heavy atom. The third-order valence-electron chi connectivity index (χ3n) is 2.58. The summed E-state index contributed by atoms with van der Waals surface area (Å²) in [6.07, 6.45) is -0.840. The lowest BCUT2D eigenvalue weighted by Gasteiger charge is -2.18. The number of carbonyl (C=O) groups excluding carboxylic acids is 2. The third kappa shape index (κ3) is 4.26. The smallest absolute Gasteiger partial charge is 0.318 e. The van der Waals surface area contributed by atoms with E-state index in [1.165, 1.54) is 6.92 Å². The lowest BCUT2D eigenvalue weighted by atomic mass is 10.1. The van der Waals surface area contributed by atoms with E-state index in [-0.39, 0.29) is 6.04 Å². The summed E-state index contributed by atoms with van der Waals surface area (Å²) >= 11 is 0. The number of amides is 3. The van der Waals surface area contributed by atoms with Crippen molar-refractivity contribution < 1.29 is 14.3 Å². The van der Waals surface area contributed by atoms with E-state index in [2.05, 4.69) is 0 Å². The number of primary amides is 1. The van der Waals surface area contributed by atoms with Gasteiger partial charge in [-0.3, -0.25) is 10.1 Å². The molecule has 0 heterocycles. The Morgan fingerprint density at radius 3 is 2.47 bits per heavy atom. The largest absolute Gasteiger partial charge is 0.481 e. The molecule has 1 rings (SSSR count). The predicted octanol–water partition coefficient (Wildman–Crippen LogP) is 0.977. The lowest BCUT2D eigenvalue weighted by Crippen LogP contribution is -2.42. The van der Waals surface area contributed by atoms with Crippen molar-refractivity contribution in [3.8, 4) is 5.75 Å². The Bertz CT molecular complexity index is 486. The standard InChI is InChI=1S/C13H19N3O3/c1-7-4-5-11(10(6-7)8(2)14)19-9(3)12(17)16-13(15)18/h4-6,8-9H,14H2,1-3H3,(H3,15,16,17,18). The molecule has 1 aromatic carbocycles. The van der Waals surface area contributed by atoms with Gasteiger partial charge in [0.2, 0.25) is 0 Å². The summed E-state index contributed by atoms with van der Waals surface area (Å²) in [6, 6.07) is 4.39. The molecule has 104 valence electrons. The van der Waals surface area contributed by atoms with Crippen LogP contribution in [-0.2, 0) is 4.79 Å². The van der Waals surface area contributed by atoms with Gasteiger partial charge in [-0.15, -0.1) is 0 Å². The normalized spacial score (nSPS) is 13.5. The number of urea groups is 1. The van der Waals surface area contributed by atoms with Crippen LogP contribution < -0.4 is 21.5 Å². The first kappa shape index (κ1) is 15.0. The second-order valence-corrected chi connectivity index (χ2v) is 4.44. The number of nitrogens with two attached hydrogens (primary N) is 2. The molecule has 0 bridgehead atoms. The molecule has 0 aliphatic carbocycles. The molecule has 1 aromatic rings. The van der Waals surface area contributed by atoms with Crippen molar-refractivity contribution in [2.45, 2.75) is 32.9 Å². The zero-order chi connectivity index (χ0) is 14.6. The van der Waals surface area contributed by atoms with E-state index in [1.54, 1.807) is 6.07 Å². The fourth-order valence-electron chi connectivity index (χ4n) is 1.60. The number of aryl methyl sites for hydroxylation is 1. The number of hydrogen-bond donors (Lipinski definition) is 3. The zero-order valence-corrected chi connectivity index (χ0v) is 11.3. The van der Waals surface area contributed by atoms with Crippen LogP contribution >= 0.6 is 0 Å². The van der Waals surface area contributed by atoms with E-state index < -0.39 is 18.0 Å². The van der Waals surface area contributed by atoms with E-state index in [0.717, 1.165) is 11.1 Å². The lowest BCUT2D eigenvalue weighted by molar-refractivity contribution is -0.126. The maximum atomic E-state index is 11.5. The molecule has 0 aromatic heterocycles. The Balaban J connectivity index is 2.87. The highest BCUT2D eigenvalue weighted by Gasteiger charge is 2.18. The number of hydrogen-bond acceptors (Lipinski definition) is 4. The third-order valence-corrected chi connectivity index (χ3v) is 2.58. The Hall–Kier alpha value is -2.08. The molecule has 0 radical (unpaired) electrons. The molecule has 5 N–H and O–H groups in total. The maximum Gasteiger partial charge on any atom is 0.318 e. The number of benzene rings is 1. The molecule has 0 aliphatic heterocycles. The molecule has 2 atom stereocenters. The maximum absolute atomic E-state index is 11.5. The summed E-state index contributed by atoms with van der Waals surface area (Å²) < 4.78 is 5.52. The second-order valence-electron chi connectivity index (χ2n) is 4.44. The molecule has 0 fully saturated rings. The quantitative estimate of drug-likeness (QED) is 0.754. The molecule has 6 nitrogen and oxygen atoms in total. The van der Waals surface area contributed by atoms with Crippen molar-refractivity contribution in [2.75, 3.05) is 0 Å². The van der Waals surface area contributed by atoms with Crippen molar-refractivity contribution >= 4 is 11.9 Å². The SMILES string of the molecule is Cc1ccc(OC(C)C(=O)NC(N)=O)c(C(C)N)c1. The summed E-state index contributed by atoms with van der Waals surface area (Å²) in [5.41, 5.74) is 12.6. The summed E-state index contributed by atoms with van der Waals surface area (Å²) in [6.45, 7) is 5.30. The number of nitrogens with one attached hydrogen (secondary N) is 1. The van der Waals surface area contributed by atoms with Gasteiger partial charge in [0.15, 0.2) is 6.10 Å². The molecular formula is C13H19N3O3. The Labute approximate surface area is 112 Å². The van der Waals surface area contributed by atoms with Crippen LogP contribution in [0.25, 0.3) is 0 Å². The van der Waals surface area contributed by atoms with E-state index in [0.29, 0.717) is 5.75 Å². The fraction of sp³-hybridized carbons (Fsp3) is 0.385. The molecule has 3 amide bonds. The van der Waals surface area contributed by atoms with Crippen molar-refractivity contribution in [1.29, 1.82) is 0 Å². The van der Waals surface area contributed by atoms with Crippen LogP contribution in [0.4, 0.5) is 4.79 Å². The van der Waals surface area contributed by atoms with Crippen molar-refractivity contribution in [3.63, 3.8) is 0 Å². The minimum absolute atomic E-state index is 0.221. The summed E-state index contributed by atoms with van der Waals surface area (Å²) in [5.74, 6) is -0.0728. The Morgan fingerprint density at radius 2 is 1.95 bits per heavy atom. The van der Waals surface area contributed by atoms with Crippen LogP contribution in [0, 0.1) is 6.92 Å². The second kappa shape index (κ2) is 6.19. The van der Waals surface area contributed by atoms with Gasteiger partial charge in [0.05, 0.1) is 0 Å². The fourth-order valence-corrected chi connectivity index (χ4v) is 1.60. The molecule has 0 spiro atoms. The van der Waals surface area contributed by atoms with Crippen molar-refractivity contribution in [3.05, 3.63) is 29.3 Å². The summed E-state index contributed by atoms with van der Waals surface area (Å²) in [7, 11) is 0. The van der Waals surface area contributed by atoms with E-state index >= 15 is 0 Å². The average molecular weight is 265 g/mol. The van der Waals surface area contributed by atoms with Gasteiger partial charge in [0.1, 0.15) is 5.75 Å². The number of carbonyl (C=O) groups is 2. The first-order valence-electron chi connectivity index (χ1n) is 5.94. The van der Waals surface area contributed by atoms with E-state index in [9.17, 15) is 9.59 Å². The van der Waals surface area contributed by atoms with Gasteiger partial charge in [-0.2, -0.15) is 0 Å². The van der Waals surface area contributed by atoms with Crippen LogP contribution in [0.15, 0.2) is 18.2 Å². The van der Waals surface area contributed by atoms with Gasteiger partial charge in [-0.1, -0.05) is 17.7 Å². The molecule has 19 heavy (non-hydrogen) atoms. The topological polar surface area (TPSA) is 107 Å². The predicted molar refractivity (Wildman–Crippen MR) is 71.6 cm³/mol. The van der Waals surface area contributed by atoms with Gasteiger partial charge in [-0.25, -0.2) is 4.79 Å². The number of imide groups is 1. The van der Waals surface area contributed by atoms with Crippen molar-refractivity contribution in [1.82, 2.24) is 5.32 Å². The zero-order valence-electron chi connectivity index (χ0n) is 11.3. The molecule has 6 heteroatoms. The highest BCUT2D eigenvalue weighted by molar-refractivity contribution is 5.95. The minimum Gasteiger partial charge on any atom is -0.481 e. The van der Waals surface area contributed by atoms with Crippen LogP contribution in [0.2, 0.25) is 0 Å². The van der Waals surface area contributed by atoms with E-state index in [4.69, 9.17) is 16.2 Å². The molecule has 0 saturated heterocycles. The van der Waals surface area contributed by atoms with Crippen LogP contribution in [0.1, 0.15) is 31.0 Å².